The standard InChI is InChI=1S/C5H10FNO2/c1-3(6)4(2)7-5(8)9/h3-4,7H,1-2H3,(H,8,9). The third-order valence-electron chi connectivity index (χ3n) is 1.04. The summed E-state index contributed by atoms with van der Waals surface area (Å²) in [6.07, 6.45) is -2.33. The summed E-state index contributed by atoms with van der Waals surface area (Å²) in [5.74, 6) is 0. The predicted octanol–water partition coefficient (Wildman–Crippen LogP) is 1.00. The third kappa shape index (κ3) is 3.76. The molecule has 3 nitrogen and oxygen atoms in total. The van der Waals surface area contributed by atoms with Gasteiger partial charge in [0.2, 0.25) is 0 Å². The molecule has 0 saturated carbocycles. The van der Waals surface area contributed by atoms with Crippen LogP contribution >= 0.6 is 0 Å². The lowest BCUT2D eigenvalue weighted by molar-refractivity contribution is 0.181. The molecule has 0 aliphatic rings. The molecule has 0 aromatic rings. The minimum Gasteiger partial charge on any atom is -0.465 e. The van der Waals surface area contributed by atoms with Gasteiger partial charge in [0, 0.05) is 0 Å². The first-order chi connectivity index (χ1) is 4.04. The molecule has 2 unspecified atom stereocenters. The molecule has 0 fully saturated rings. The highest BCUT2D eigenvalue weighted by atomic mass is 19.1. The molecular formula is C5H10FNO2. The van der Waals surface area contributed by atoms with E-state index in [0.29, 0.717) is 0 Å². The second-order valence-electron chi connectivity index (χ2n) is 1.92. The van der Waals surface area contributed by atoms with Gasteiger partial charge in [-0.25, -0.2) is 9.18 Å². The first kappa shape index (κ1) is 8.20. The Morgan fingerprint density at radius 3 is 2.22 bits per heavy atom. The van der Waals surface area contributed by atoms with Crippen molar-refractivity contribution in [1.82, 2.24) is 5.32 Å². The molecule has 9 heavy (non-hydrogen) atoms. The minimum absolute atomic E-state index is 0.623. The SMILES string of the molecule is CC(F)C(C)NC(=O)O. The van der Waals surface area contributed by atoms with Crippen molar-refractivity contribution in [2.75, 3.05) is 0 Å². The summed E-state index contributed by atoms with van der Waals surface area (Å²) >= 11 is 0. The second kappa shape index (κ2) is 3.27. The van der Waals surface area contributed by atoms with E-state index in [9.17, 15) is 9.18 Å². The van der Waals surface area contributed by atoms with Gasteiger partial charge >= 0.3 is 6.09 Å². The van der Waals surface area contributed by atoms with Crippen molar-refractivity contribution in [3.8, 4) is 0 Å². The van der Waals surface area contributed by atoms with Gasteiger partial charge in [0.1, 0.15) is 6.17 Å². The van der Waals surface area contributed by atoms with Gasteiger partial charge in [-0.2, -0.15) is 0 Å². The Balaban J connectivity index is 3.50. The Labute approximate surface area is 52.9 Å². The molecule has 0 spiro atoms. The smallest absolute Gasteiger partial charge is 0.404 e. The highest BCUT2D eigenvalue weighted by molar-refractivity contribution is 5.64. The van der Waals surface area contributed by atoms with E-state index in [1.165, 1.54) is 13.8 Å². The summed E-state index contributed by atoms with van der Waals surface area (Å²) in [7, 11) is 0. The molecule has 1 amide bonds. The lowest BCUT2D eigenvalue weighted by atomic mass is 10.2. The fraction of sp³-hybridized carbons (Fsp3) is 0.800. The maximum atomic E-state index is 12.1. The van der Waals surface area contributed by atoms with E-state index in [4.69, 9.17) is 5.11 Å². The van der Waals surface area contributed by atoms with Gasteiger partial charge in [-0.1, -0.05) is 0 Å². The maximum Gasteiger partial charge on any atom is 0.404 e. The number of nitrogens with one attached hydrogen (secondary N) is 1. The van der Waals surface area contributed by atoms with Crippen LogP contribution in [0.4, 0.5) is 9.18 Å². The molecule has 4 heteroatoms. The van der Waals surface area contributed by atoms with E-state index in [0.717, 1.165) is 0 Å². The number of amides is 1. The van der Waals surface area contributed by atoms with Crippen LogP contribution in [0.15, 0.2) is 0 Å². The first-order valence-corrected chi connectivity index (χ1v) is 2.67. The highest BCUT2D eigenvalue weighted by Gasteiger charge is 2.11. The van der Waals surface area contributed by atoms with Crippen LogP contribution in [-0.2, 0) is 0 Å². The van der Waals surface area contributed by atoms with Crippen LogP contribution in [0.25, 0.3) is 0 Å². The van der Waals surface area contributed by atoms with Gasteiger partial charge in [-0.15, -0.1) is 0 Å². The zero-order valence-corrected chi connectivity index (χ0v) is 5.39. The van der Waals surface area contributed by atoms with Crippen LogP contribution in [0.1, 0.15) is 13.8 Å². The van der Waals surface area contributed by atoms with E-state index in [-0.39, 0.29) is 0 Å². The number of carboxylic acid groups (broad SMARTS) is 1. The molecule has 54 valence electrons. The molecule has 0 bridgehead atoms. The van der Waals surface area contributed by atoms with Crippen molar-refractivity contribution >= 4 is 6.09 Å². The van der Waals surface area contributed by atoms with Crippen LogP contribution in [0.2, 0.25) is 0 Å². The lowest BCUT2D eigenvalue weighted by Crippen LogP contribution is -2.36. The molecule has 0 aliphatic heterocycles. The van der Waals surface area contributed by atoms with Crippen molar-refractivity contribution in [3.63, 3.8) is 0 Å². The Kier molecular flexibility index (Phi) is 2.98. The van der Waals surface area contributed by atoms with E-state index < -0.39 is 18.3 Å². The second-order valence-corrected chi connectivity index (χ2v) is 1.92. The predicted molar refractivity (Wildman–Crippen MR) is 31.2 cm³/mol. The molecule has 0 heterocycles. The van der Waals surface area contributed by atoms with E-state index in [2.05, 4.69) is 0 Å². The van der Waals surface area contributed by atoms with Gasteiger partial charge in [-0.3, -0.25) is 0 Å². The largest absolute Gasteiger partial charge is 0.465 e. The molecule has 0 rings (SSSR count). The third-order valence-corrected chi connectivity index (χ3v) is 1.04. The van der Waals surface area contributed by atoms with E-state index in [1.54, 1.807) is 0 Å². The fourth-order valence-corrected chi connectivity index (χ4v) is 0.310. The van der Waals surface area contributed by atoms with E-state index in [1.807, 2.05) is 5.32 Å². The Morgan fingerprint density at radius 2 is 2.11 bits per heavy atom. The highest BCUT2D eigenvalue weighted by Crippen LogP contribution is 1.94. The number of hydrogen-bond acceptors (Lipinski definition) is 1. The topological polar surface area (TPSA) is 49.3 Å². The van der Waals surface area contributed by atoms with E-state index >= 15 is 0 Å². The monoisotopic (exact) mass is 135 g/mol. The summed E-state index contributed by atoms with van der Waals surface area (Å²) in [5, 5.41) is 10.0. The summed E-state index contributed by atoms with van der Waals surface area (Å²) in [6.45, 7) is 2.78. The van der Waals surface area contributed by atoms with Crippen LogP contribution in [-0.4, -0.2) is 23.4 Å². The molecular weight excluding hydrogens is 125 g/mol. The maximum absolute atomic E-state index is 12.1. The van der Waals surface area contributed by atoms with Crippen LogP contribution < -0.4 is 5.32 Å². The Hall–Kier alpha value is -0.800. The zero-order chi connectivity index (χ0) is 7.44. The number of halogens is 1. The molecule has 0 saturated heterocycles. The molecule has 0 aliphatic carbocycles. The lowest BCUT2D eigenvalue weighted by Gasteiger charge is -2.10. The molecule has 0 radical (unpaired) electrons. The minimum atomic E-state index is -1.19. The zero-order valence-electron chi connectivity index (χ0n) is 5.39. The van der Waals surface area contributed by atoms with Crippen LogP contribution in [0.3, 0.4) is 0 Å². The van der Waals surface area contributed by atoms with Gasteiger partial charge in [0.15, 0.2) is 0 Å². The Bertz CT molecular complexity index is 105. The summed E-state index contributed by atoms with van der Waals surface area (Å²) in [5.41, 5.74) is 0. The normalized spacial score (nSPS) is 16.3. The quantitative estimate of drug-likeness (QED) is 0.593. The Morgan fingerprint density at radius 1 is 1.67 bits per heavy atom. The van der Waals surface area contributed by atoms with Crippen molar-refractivity contribution in [3.05, 3.63) is 0 Å². The molecule has 2 N–H and O–H groups in total. The number of alkyl halides is 1. The van der Waals surface area contributed by atoms with Crippen molar-refractivity contribution in [2.24, 2.45) is 0 Å². The average molecular weight is 135 g/mol. The summed E-state index contributed by atoms with van der Waals surface area (Å²) < 4.78 is 12.1. The van der Waals surface area contributed by atoms with Crippen LogP contribution in [0.5, 0.6) is 0 Å². The van der Waals surface area contributed by atoms with Gasteiger partial charge in [0.25, 0.3) is 0 Å². The molecule has 0 aromatic heterocycles. The molecule has 0 aromatic carbocycles. The summed E-state index contributed by atoms with van der Waals surface area (Å²) in [6, 6.07) is -0.623. The number of carbonyl (C=O) groups is 1. The van der Waals surface area contributed by atoms with Crippen LogP contribution in [0, 0.1) is 0 Å². The van der Waals surface area contributed by atoms with Crippen molar-refractivity contribution < 1.29 is 14.3 Å². The number of rotatable bonds is 2. The summed E-state index contributed by atoms with van der Waals surface area (Å²) in [4.78, 5) is 9.84. The van der Waals surface area contributed by atoms with Crippen molar-refractivity contribution in [1.29, 1.82) is 0 Å². The van der Waals surface area contributed by atoms with Crippen molar-refractivity contribution in [2.45, 2.75) is 26.1 Å². The average Bonchev–Trinajstić information content (AvgIpc) is 1.63. The molecule has 2 atom stereocenters. The fourth-order valence-electron chi connectivity index (χ4n) is 0.310. The van der Waals surface area contributed by atoms with Gasteiger partial charge in [-0.05, 0) is 13.8 Å². The van der Waals surface area contributed by atoms with Gasteiger partial charge < -0.3 is 10.4 Å². The first-order valence-electron chi connectivity index (χ1n) is 2.67. The number of hydrogen-bond donors (Lipinski definition) is 2. The van der Waals surface area contributed by atoms with Gasteiger partial charge in [0.05, 0.1) is 6.04 Å².